The van der Waals surface area contributed by atoms with Gasteiger partial charge in [0.05, 0.1) is 11.4 Å². The number of carbonyl (C=O) groups is 1. The van der Waals surface area contributed by atoms with Gasteiger partial charge < -0.3 is 10.7 Å². The second-order valence-corrected chi connectivity index (χ2v) is 5.46. The Balaban J connectivity index is 2.67. The molecule has 0 aliphatic carbocycles. The van der Waals surface area contributed by atoms with E-state index in [0.29, 0.717) is 6.54 Å². The van der Waals surface area contributed by atoms with Crippen LogP contribution in [-0.4, -0.2) is 32.4 Å². The largest absolute Gasteiger partial charge is 0.355 e. The summed E-state index contributed by atoms with van der Waals surface area (Å²) in [6.07, 6.45) is 2.09. The number of pyridine rings is 1. The Bertz CT molecular complexity index is 532. The molecular formula is C10H17N5O3S. The molecule has 0 saturated carbocycles. The van der Waals surface area contributed by atoms with E-state index >= 15 is 0 Å². The van der Waals surface area contributed by atoms with E-state index in [9.17, 15) is 13.2 Å². The number of hydrogen-bond acceptors (Lipinski definition) is 6. The Labute approximate surface area is 111 Å². The number of nitrogen functional groups attached to an aromatic ring is 1. The van der Waals surface area contributed by atoms with Crippen molar-refractivity contribution in [3.63, 3.8) is 0 Å². The van der Waals surface area contributed by atoms with Gasteiger partial charge in [0.1, 0.15) is 5.82 Å². The molecule has 1 amide bonds. The fraction of sp³-hybridized carbons (Fsp3) is 0.400. The first-order valence-corrected chi connectivity index (χ1v) is 7.17. The molecule has 0 aliphatic heterocycles. The summed E-state index contributed by atoms with van der Waals surface area (Å²) >= 11 is 0. The Hall–Kier alpha value is -1.71. The van der Waals surface area contributed by atoms with Crippen molar-refractivity contribution < 1.29 is 13.2 Å². The molecule has 19 heavy (non-hydrogen) atoms. The number of nitrogens with zero attached hydrogens (tertiary/aromatic N) is 1. The van der Waals surface area contributed by atoms with Crippen LogP contribution in [0, 0.1) is 0 Å². The summed E-state index contributed by atoms with van der Waals surface area (Å²) in [4.78, 5) is 15.1. The molecular weight excluding hydrogens is 270 g/mol. The lowest BCUT2D eigenvalue weighted by Gasteiger charge is -2.08. The third kappa shape index (κ3) is 4.81. The smallest absolute Gasteiger partial charge is 0.241 e. The number of anilines is 1. The molecule has 9 heteroatoms. The maximum Gasteiger partial charge on any atom is 0.241 e. The molecule has 0 fully saturated rings. The standard InChI is InChI=1S/C10H17N5O3S/c1-2-4-13-10(16)7-14-19(17,18)8-3-5-12-9(6-8)15-11/h3,5-6,14H,2,4,7,11H2,1H3,(H,12,15)(H,13,16). The summed E-state index contributed by atoms with van der Waals surface area (Å²) in [5, 5.41) is 2.57. The normalized spacial score (nSPS) is 11.1. The van der Waals surface area contributed by atoms with Crippen molar-refractivity contribution in [1.29, 1.82) is 0 Å². The summed E-state index contributed by atoms with van der Waals surface area (Å²) in [5.74, 6) is 4.99. The molecule has 5 N–H and O–H groups in total. The molecule has 106 valence electrons. The summed E-state index contributed by atoms with van der Waals surface area (Å²) < 4.78 is 26.0. The fourth-order valence-corrected chi connectivity index (χ4v) is 2.22. The monoisotopic (exact) mass is 287 g/mol. The molecule has 0 radical (unpaired) electrons. The van der Waals surface area contributed by atoms with Crippen LogP contribution in [0.25, 0.3) is 0 Å². The zero-order valence-corrected chi connectivity index (χ0v) is 11.3. The highest BCUT2D eigenvalue weighted by Gasteiger charge is 2.15. The van der Waals surface area contributed by atoms with E-state index in [1.54, 1.807) is 0 Å². The van der Waals surface area contributed by atoms with Gasteiger partial charge in [0, 0.05) is 18.8 Å². The highest BCUT2D eigenvalue weighted by molar-refractivity contribution is 7.89. The molecule has 0 saturated heterocycles. The minimum absolute atomic E-state index is 0.0151. The Morgan fingerprint density at radius 3 is 2.84 bits per heavy atom. The van der Waals surface area contributed by atoms with E-state index < -0.39 is 10.0 Å². The number of rotatable bonds is 7. The molecule has 8 nitrogen and oxygen atoms in total. The first kappa shape index (κ1) is 15.3. The van der Waals surface area contributed by atoms with Crippen LogP contribution in [0.1, 0.15) is 13.3 Å². The number of nitrogens with one attached hydrogen (secondary N) is 3. The summed E-state index contributed by atoms with van der Waals surface area (Å²) in [7, 11) is -3.76. The quantitative estimate of drug-likeness (QED) is 0.383. The first-order valence-electron chi connectivity index (χ1n) is 5.68. The number of sulfonamides is 1. The van der Waals surface area contributed by atoms with Gasteiger partial charge in [-0.05, 0) is 12.5 Å². The Kier molecular flexibility index (Phi) is 5.67. The van der Waals surface area contributed by atoms with Gasteiger partial charge in [0.2, 0.25) is 15.9 Å². The topological polar surface area (TPSA) is 126 Å². The number of amides is 1. The number of hydrogen-bond donors (Lipinski definition) is 4. The molecule has 1 aromatic heterocycles. The van der Waals surface area contributed by atoms with Gasteiger partial charge in [0.15, 0.2) is 0 Å². The van der Waals surface area contributed by atoms with Crippen molar-refractivity contribution in [2.45, 2.75) is 18.2 Å². The number of carbonyl (C=O) groups excluding carboxylic acids is 1. The van der Waals surface area contributed by atoms with Crippen LogP contribution < -0.4 is 21.3 Å². The van der Waals surface area contributed by atoms with Gasteiger partial charge in [-0.15, -0.1) is 0 Å². The summed E-state index contributed by atoms with van der Waals surface area (Å²) in [5.41, 5.74) is 2.25. The van der Waals surface area contributed by atoms with Gasteiger partial charge in [-0.3, -0.25) is 4.79 Å². The SMILES string of the molecule is CCCNC(=O)CNS(=O)(=O)c1ccnc(NN)c1. The van der Waals surface area contributed by atoms with E-state index in [1.165, 1.54) is 18.3 Å². The van der Waals surface area contributed by atoms with E-state index in [-0.39, 0.29) is 23.2 Å². The number of nitrogens with two attached hydrogens (primary N) is 1. The van der Waals surface area contributed by atoms with E-state index in [0.717, 1.165) is 6.42 Å². The van der Waals surface area contributed by atoms with Gasteiger partial charge >= 0.3 is 0 Å². The predicted octanol–water partition coefficient (Wildman–Crippen LogP) is -0.828. The van der Waals surface area contributed by atoms with E-state index in [2.05, 4.69) is 20.4 Å². The van der Waals surface area contributed by atoms with Crippen LogP contribution in [0.4, 0.5) is 5.82 Å². The lowest BCUT2D eigenvalue weighted by atomic mass is 10.5. The zero-order chi connectivity index (χ0) is 14.3. The van der Waals surface area contributed by atoms with Crippen molar-refractivity contribution in [2.75, 3.05) is 18.5 Å². The first-order chi connectivity index (χ1) is 8.99. The molecule has 0 atom stereocenters. The summed E-state index contributed by atoms with van der Waals surface area (Å²) in [6, 6.07) is 2.58. The van der Waals surface area contributed by atoms with Gasteiger partial charge in [-0.25, -0.2) is 24.0 Å². The average molecular weight is 287 g/mol. The second kappa shape index (κ2) is 7.02. The van der Waals surface area contributed by atoms with Crippen molar-refractivity contribution in [1.82, 2.24) is 15.0 Å². The van der Waals surface area contributed by atoms with Crippen molar-refractivity contribution >= 4 is 21.7 Å². The van der Waals surface area contributed by atoms with Crippen LogP contribution in [0.15, 0.2) is 23.2 Å². The molecule has 0 bridgehead atoms. The van der Waals surface area contributed by atoms with Crippen LogP contribution in [0.3, 0.4) is 0 Å². The number of aromatic nitrogens is 1. The van der Waals surface area contributed by atoms with E-state index in [4.69, 9.17) is 5.84 Å². The zero-order valence-electron chi connectivity index (χ0n) is 10.5. The van der Waals surface area contributed by atoms with Crippen LogP contribution in [0.2, 0.25) is 0 Å². The highest BCUT2D eigenvalue weighted by atomic mass is 32.2. The van der Waals surface area contributed by atoms with Crippen LogP contribution in [0.5, 0.6) is 0 Å². The van der Waals surface area contributed by atoms with Crippen molar-refractivity contribution in [3.8, 4) is 0 Å². The second-order valence-electron chi connectivity index (χ2n) is 3.70. The molecule has 0 unspecified atom stereocenters. The third-order valence-electron chi connectivity index (χ3n) is 2.18. The third-order valence-corrected chi connectivity index (χ3v) is 3.58. The minimum atomic E-state index is -3.76. The maximum atomic E-state index is 11.9. The predicted molar refractivity (Wildman–Crippen MR) is 70.5 cm³/mol. The lowest BCUT2D eigenvalue weighted by Crippen LogP contribution is -2.37. The van der Waals surface area contributed by atoms with E-state index in [1.807, 2.05) is 6.92 Å². The van der Waals surface area contributed by atoms with Crippen LogP contribution in [-0.2, 0) is 14.8 Å². The van der Waals surface area contributed by atoms with Crippen molar-refractivity contribution in [3.05, 3.63) is 18.3 Å². The molecule has 0 spiro atoms. The average Bonchev–Trinajstić information content (AvgIpc) is 2.43. The van der Waals surface area contributed by atoms with Crippen LogP contribution >= 0.6 is 0 Å². The molecule has 1 heterocycles. The molecule has 1 aromatic rings. The molecule has 0 aliphatic rings. The Morgan fingerprint density at radius 1 is 1.47 bits per heavy atom. The number of hydrazine groups is 1. The van der Waals surface area contributed by atoms with Crippen molar-refractivity contribution in [2.24, 2.45) is 5.84 Å². The Morgan fingerprint density at radius 2 is 2.21 bits per heavy atom. The molecule has 1 rings (SSSR count). The minimum Gasteiger partial charge on any atom is -0.355 e. The van der Waals surface area contributed by atoms with Gasteiger partial charge in [-0.1, -0.05) is 6.92 Å². The fourth-order valence-electron chi connectivity index (χ4n) is 1.23. The summed E-state index contributed by atoms with van der Waals surface area (Å²) in [6.45, 7) is 2.11. The maximum absolute atomic E-state index is 11.9. The highest BCUT2D eigenvalue weighted by Crippen LogP contribution is 2.11. The van der Waals surface area contributed by atoms with Gasteiger partial charge in [0.25, 0.3) is 0 Å². The van der Waals surface area contributed by atoms with Gasteiger partial charge in [-0.2, -0.15) is 0 Å². The lowest BCUT2D eigenvalue weighted by molar-refractivity contribution is -0.119. The molecule has 0 aromatic carbocycles.